The number of piperazine rings is 1. The van der Waals surface area contributed by atoms with Crippen LogP contribution in [0.3, 0.4) is 0 Å². The van der Waals surface area contributed by atoms with Crippen molar-refractivity contribution in [3.8, 4) is 0 Å². The Morgan fingerprint density at radius 3 is 2.43 bits per heavy atom. The van der Waals surface area contributed by atoms with Gasteiger partial charge in [-0.1, -0.05) is 19.1 Å². The van der Waals surface area contributed by atoms with Crippen LogP contribution < -0.4 is 5.73 Å². The standard InChI is InChI=1S/C17H28FN3/c1-5-16(19)17(14-7-6-8-15(18)9-14)21-10-12(2)20(4)13(3)11-21/h6-9,12-13,16-17H,5,10-11,19H2,1-4H3. The first kappa shape index (κ1) is 16.4. The van der Waals surface area contributed by atoms with E-state index in [0.29, 0.717) is 12.1 Å². The summed E-state index contributed by atoms with van der Waals surface area (Å²) in [5.74, 6) is -0.184. The maximum atomic E-state index is 13.6. The first-order valence-corrected chi connectivity index (χ1v) is 7.91. The maximum absolute atomic E-state index is 13.6. The van der Waals surface area contributed by atoms with Crippen molar-refractivity contribution in [3.05, 3.63) is 35.6 Å². The lowest BCUT2D eigenvalue weighted by Crippen LogP contribution is -2.57. The first-order valence-electron chi connectivity index (χ1n) is 7.91. The molecule has 1 aromatic rings. The van der Waals surface area contributed by atoms with Crippen molar-refractivity contribution < 1.29 is 4.39 Å². The minimum atomic E-state index is -0.184. The topological polar surface area (TPSA) is 32.5 Å². The van der Waals surface area contributed by atoms with E-state index in [4.69, 9.17) is 5.73 Å². The number of nitrogens with zero attached hydrogens (tertiary/aromatic N) is 2. The predicted molar refractivity (Wildman–Crippen MR) is 85.7 cm³/mol. The molecule has 2 N–H and O–H groups in total. The van der Waals surface area contributed by atoms with Crippen LogP contribution in [0.15, 0.2) is 24.3 Å². The van der Waals surface area contributed by atoms with Crippen LogP contribution in [0.4, 0.5) is 4.39 Å². The lowest BCUT2D eigenvalue weighted by Gasteiger charge is -2.47. The van der Waals surface area contributed by atoms with Crippen molar-refractivity contribution >= 4 is 0 Å². The van der Waals surface area contributed by atoms with E-state index in [1.807, 2.05) is 6.07 Å². The molecule has 0 bridgehead atoms. The van der Waals surface area contributed by atoms with Gasteiger partial charge < -0.3 is 5.73 Å². The van der Waals surface area contributed by atoms with Crippen molar-refractivity contribution in [1.29, 1.82) is 0 Å². The normalized spacial score (nSPS) is 27.5. The Kier molecular flexibility index (Phi) is 5.36. The van der Waals surface area contributed by atoms with E-state index in [9.17, 15) is 4.39 Å². The van der Waals surface area contributed by atoms with Gasteiger partial charge in [-0.15, -0.1) is 0 Å². The van der Waals surface area contributed by atoms with E-state index in [1.165, 1.54) is 6.07 Å². The number of nitrogens with two attached hydrogens (primary N) is 1. The second kappa shape index (κ2) is 6.86. The number of benzene rings is 1. The Bertz CT molecular complexity index is 453. The van der Waals surface area contributed by atoms with Crippen molar-refractivity contribution in [1.82, 2.24) is 9.80 Å². The summed E-state index contributed by atoms with van der Waals surface area (Å²) in [6.45, 7) is 8.51. The van der Waals surface area contributed by atoms with Gasteiger partial charge in [-0.25, -0.2) is 4.39 Å². The quantitative estimate of drug-likeness (QED) is 0.926. The SMILES string of the molecule is CCC(N)C(c1cccc(F)c1)N1CC(C)N(C)C(C)C1. The largest absolute Gasteiger partial charge is 0.326 e. The molecule has 0 aromatic heterocycles. The molecule has 0 spiro atoms. The molecule has 3 nitrogen and oxygen atoms in total. The van der Waals surface area contributed by atoms with Crippen molar-refractivity contribution in [2.75, 3.05) is 20.1 Å². The smallest absolute Gasteiger partial charge is 0.123 e. The van der Waals surface area contributed by atoms with E-state index in [-0.39, 0.29) is 17.9 Å². The monoisotopic (exact) mass is 293 g/mol. The zero-order valence-corrected chi connectivity index (χ0v) is 13.6. The zero-order chi connectivity index (χ0) is 15.6. The van der Waals surface area contributed by atoms with Gasteiger partial charge in [0.25, 0.3) is 0 Å². The minimum Gasteiger partial charge on any atom is -0.326 e. The maximum Gasteiger partial charge on any atom is 0.123 e. The molecule has 4 unspecified atom stereocenters. The van der Waals surface area contributed by atoms with Crippen LogP contribution in [-0.2, 0) is 0 Å². The van der Waals surface area contributed by atoms with Crippen LogP contribution >= 0.6 is 0 Å². The van der Waals surface area contributed by atoms with Crippen LogP contribution in [-0.4, -0.2) is 48.1 Å². The molecule has 0 aliphatic carbocycles. The number of hydrogen-bond acceptors (Lipinski definition) is 3. The number of halogens is 1. The van der Waals surface area contributed by atoms with Crippen molar-refractivity contribution in [2.24, 2.45) is 5.73 Å². The summed E-state index contributed by atoms with van der Waals surface area (Å²) in [7, 11) is 2.17. The van der Waals surface area contributed by atoms with Crippen LogP contribution in [0.2, 0.25) is 0 Å². The van der Waals surface area contributed by atoms with E-state index >= 15 is 0 Å². The van der Waals surface area contributed by atoms with Crippen LogP contribution in [0.25, 0.3) is 0 Å². The molecule has 118 valence electrons. The fourth-order valence-corrected chi connectivity index (χ4v) is 3.32. The van der Waals surface area contributed by atoms with Crippen LogP contribution in [0.1, 0.15) is 38.8 Å². The molecule has 0 amide bonds. The Balaban J connectivity index is 2.28. The third kappa shape index (κ3) is 3.62. The second-order valence-electron chi connectivity index (χ2n) is 6.39. The summed E-state index contributed by atoms with van der Waals surface area (Å²) in [6.07, 6.45) is 0.885. The van der Waals surface area contributed by atoms with Gasteiger partial charge in [-0.2, -0.15) is 0 Å². The average molecular weight is 293 g/mol. The van der Waals surface area contributed by atoms with Crippen molar-refractivity contribution in [2.45, 2.75) is 51.4 Å². The second-order valence-corrected chi connectivity index (χ2v) is 6.39. The molecule has 21 heavy (non-hydrogen) atoms. The van der Waals surface area contributed by atoms with Gasteiger partial charge in [0.2, 0.25) is 0 Å². The molecule has 4 heteroatoms. The van der Waals surface area contributed by atoms with Gasteiger partial charge in [-0.05, 0) is 45.0 Å². The Morgan fingerprint density at radius 2 is 1.90 bits per heavy atom. The highest BCUT2D eigenvalue weighted by molar-refractivity contribution is 5.22. The van der Waals surface area contributed by atoms with Gasteiger partial charge in [0.1, 0.15) is 5.82 Å². The molecule has 0 radical (unpaired) electrons. The fourth-order valence-electron chi connectivity index (χ4n) is 3.32. The molecular formula is C17H28FN3. The molecule has 1 heterocycles. The minimum absolute atomic E-state index is 0.0228. The first-order chi connectivity index (χ1) is 9.93. The molecule has 1 saturated heterocycles. The molecule has 1 aliphatic heterocycles. The lowest BCUT2D eigenvalue weighted by atomic mass is 9.94. The van der Waals surface area contributed by atoms with Crippen LogP contribution in [0, 0.1) is 5.82 Å². The third-order valence-corrected chi connectivity index (χ3v) is 4.85. The summed E-state index contributed by atoms with van der Waals surface area (Å²) in [5.41, 5.74) is 7.37. The molecular weight excluding hydrogens is 265 g/mol. The van der Waals surface area contributed by atoms with E-state index < -0.39 is 0 Å². The summed E-state index contributed by atoms with van der Waals surface area (Å²) in [6, 6.07) is 7.97. The number of likely N-dealkylation sites (N-methyl/N-ethyl adjacent to an activating group) is 1. The lowest BCUT2D eigenvalue weighted by molar-refractivity contribution is 0.0253. The summed E-state index contributed by atoms with van der Waals surface area (Å²) >= 11 is 0. The summed E-state index contributed by atoms with van der Waals surface area (Å²) < 4.78 is 13.6. The van der Waals surface area contributed by atoms with Gasteiger partial charge in [0.15, 0.2) is 0 Å². The highest BCUT2D eigenvalue weighted by atomic mass is 19.1. The Morgan fingerprint density at radius 1 is 1.29 bits per heavy atom. The van der Waals surface area contributed by atoms with Crippen molar-refractivity contribution in [3.63, 3.8) is 0 Å². The molecule has 2 rings (SSSR count). The molecule has 1 aromatic carbocycles. The average Bonchev–Trinajstić information content (AvgIpc) is 2.44. The Hall–Kier alpha value is -0.970. The zero-order valence-electron chi connectivity index (χ0n) is 13.6. The van der Waals surface area contributed by atoms with E-state index in [1.54, 1.807) is 12.1 Å². The highest BCUT2D eigenvalue weighted by Gasteiger charge is 2.33. The Labute approximate surface area is 127 Å². The fraction of sp³-hybridized carbons (Fsp3) is 0.647. The highest BCUT2D eigenvalue weighted by Crippen LogP contribution is 2.29. The number of hydrogen-bond donors (Lipinski definition) is 1. The third-order valence-electron chi connectivity index (χ3n) is 4.85. The molecule has 4 atom stereocenters. The van der Waals surface area contributed by atoms with E-state index in [2.05, 4.69) is 37.6 Å². The predicted octanol–water partition coefficient (Wildman–Crippen LogP) is 2.63. The van der Waals surface area contributed by atoms with E-state index in [0.717, 1.165) is 25.1 Å². The van der Waals surface area contributed by atoms with Gasteiger partial charge in [-0.3, -0.25) is 9.80 Å². The summed E-state index contributed by atoms with van der Waals surface area (Å²) in [4.78, 5) is 4.83. The van der Waals surface area contributed by atoms with Gasteiger partial charge in [0, 0.05) is 31.2 Å². The molecule has 1 fully saturated rings. The molecule has 1 aliphatic rings. The van der Waals surface area contributed by atoms with Gasteiger partial charge in [0.05, 0.1) is 6.04 Å². The molecule has 0 saturated carbocycles. The number of rotatable bonds is 4. The van der Waals surface area contributed by atoms with Crippen LogP contribution in [0.5, 0.6) is 0 Å². The van der Waals surface area contributed by atoms with Gasteiger partial charge >= 0.3 is 0 Å². The summed E-state index contributed by atoms with van der Waals surface area (Å²) in [5, 5.41) is 0.